The molecule has 1 N–H and O–H groups in total. The number of Topliss-reactive ketones (excluding diaryl/α,β-unsaturated/α-hetero) is 1. The molecule has 2 aromatic carbocycles. The van der Waals surface area contributed by atoms with Crippen molar-refractivity contribution < 1.29 is 14.7 Å². The lowest BCUT2D eigenvalue weighted by Crippen LogP contribution is -1.95. The number of hydrogen-bond donors (Lipinski definition) is 1. The standard InChI is InChI=1S/C16H14O3S/c1-11(17)13-6-8-15(9-7-13)20-10-12-2-4-14(5-3-12)16(18)19/h2-9H,10H2,1H3,(H,18,19). The van der Waals surface area contributed by atoms with Crippen LogP contribution < -0.4 is 0 Å². The number of benzene rings is 2. The lowest BCUT2D eigenvalue weighted by molar-refractivity contribution is 0.0696. The Morgan fingerprint density at radius 1 is 0.950 bits per heavy atom. The number of carboxylic acids is 1. The van der Waals surface area contributed by atoms with Crippen LogP contribution in [0.2, 0.25) is 0 Å². The second kappa shape index (κ2) is 6.39. The number of carbonyl (C=O) groups excluding carboxylic acids is 1. The first-order valence-electron chi connectivity index (χ1n) is 6.12. The summed E-state index contributed by atoms with van der Waals surface area (Å²) in [6.45, 7) is 1.55. The van der Waals surface area contributed by atoms with Crippen LogP contribution in [-0.4, -0.2) is 16.9 Å². The molecule has 0 aliphatic carbocycles. The molecule has 0 radical (unpaired) electrons. The van der Waals surface area contributed by atoms with Crippen LogP contribution in [0.3, 0.4) is 0 Å². The summed E-state index contributed by atoms with van der Waals surface area (Å²) < 4.78 is 0. The summed E-state index contributed by atoms with van der Waals surface area (Å²) in [4.78, 5) is 23.0. The highest BCUT2D eigenvalue weighted by molar-refractivity contribution is 7.98. The molecule has 0 saturated heterocycles. The monoisotopic (exact) mass is 286 g/mol. The minimum absolute atomic E-state index is 0.0609. The van der Waals surface area contributed by atoms with Gasteiger partial charge in [-0.3, -0.25) is 4.79 Å². The van der Waals surface area contributed by atoms with Gasteiger partial charge >= 0.3 is 5.97 Å². The molecule has 0 unspecified atom stereocenters. The Labute approximate surface area is 121 Å². The number of rotatable bonds is 5. The zero-order valence-electron chi connectivity index (χ0n) is 11.0. The Bertz CT molecular complexity index is 558. The lowest BCUT2D eigenvalue weighted by atomic mass is 10.1. The van der Waals surface area contributed by atoms with Crippen LogP contribution >= 0.6 is 11.8 Å². The molecule has 0 aliphatic heterocycles. The van der Waals surface area contributed by atoms with E-state index in [0.29, 0.717) is 11.1 Å². The number of carbonyl (C=O) groups is 2. The Balaban J connectivity index is 1.97. The molecule has 20 heavy (non-hydrogen) atoms. The molecule has 0 saturated carbocycles. The molecule has 0 aliphatic rings. The van der Waals surface area contributed by atoms with E-state index in [1.165, 1.54) is 0 Å². The zero-order valence-corrected chi connectivity index (χ0v) is 11.8. The summed E-state index contributed by atoms with van der Waals surface area (Å²) in [7, 11) is 0. The van der Waals surface area contributed by atoms with E-state index < -0.39 is 5.97 Å². The molecule has 0 bridgehead atoms. The van der Waals surface area contributed by atoms with Crippen LogP contribution in [0.15, 0.2) is 53.4 Å². The van der Waals surface area contributed by atoms with Crippen LogP contribution in [0.1, 0.15) is 33.2 Å². The maximum atomic E-state index is 11.2. The SMILES string of the molecule is CC(=O)c1ccc(SCc2ccc(C(=O)O)cc2)cc1. The summed E-state index contributed by atoms with van der Waals surface area (Å²) in [5.41, 5.74) is 2.07. The summed E-state index contributed by atoms with van der Waals surface area (Å²) >= 11 is 1.65. The first kappa shape index (κ1) is 14.3. The molecule has 0 heterocycles. The first-order valence-corrected chi connectivity index (χ1v) is 7.11. The van der Waals surface area contributed by atoms with E-state index in [1.807, 2.05) is 36.4 Å². The summed E-state index contributed by atoms with van der Waals surface area (Å²) in [6, 6.07) is 14.3. The maximum Gasteiger partial charge on any atom is 0.335 e. The first-order chi connectivity index (χ1) is 9.56. The van der Waals surface area contributed by atoms with Crippen LogP contribution in [0.4, 0.5) is 0 Å². The summed E-state index contributed by atoms with van der Waals surface area (Å²) in [6.07, 6.45) is 0. The number of hydrogen-bond acceptors (Lipinski definition) is 3. The van der Waals surface area contributed by atoms with Gasteiger partial charge in [0.05, 0.1) is 5.56 Å². The lowest BCUT2D eigenvalue weighted by Gasteiger charge is -2.03. The summed E-state index contributed by atoms with van der Waals surface area (Å²) in [5.74, 6) is -0.0888. The number of ketones is 1. The Hall–Kier alpha value is -2.07. The molecule has 4 heteroatoms. The second-order valence-electron chi connectivity index (χ2n) is 4.37. The van der Waals surface area contributed by atoms with Crippen LogP contribution in [0.25, 0.3) is 0 Å². The Kier molecular flexibility index (Phi) is 4.58. The predicted octanol–water partition coefficient (Wildman–Crippen LogP) is 3.88. The van der Waals surface area contributed by atoms with Gasteiger partial charge in [-0.2, -0.15) is 0 Å². The molecule has 0 amide bonds. The quantitative estimate of drug-likeness (QED) is 0.669. The van der Waals surface area contributed by atoms with E-state index in [-0.39, 0.29) is 5.78 Å². The maximum absolute atomic E-state index is 11.2. The van der Waals surface area contributed by atoms with Gasteiger partial charge in [-0.1, -0.05) is 24.3 Å². The molecule has 0 atom stereocenters. The van der Waals surface area contributed by atoms with Crippen molar-refractivity contribution in [1.29, 1.82) is 0 Å². The molecule has 0 aromatic heterocycles. The molecular formula is C16H14O3S. The number of aromatic carboxylic acids is 1. The van der Waals surface area contributed by atoms with E-state index in [1.54, 1.807) is 30.8 Å². The van der Waals surface area contributed by atoms with Gasteiger partial charge in [0.1, 0.15) is 0 Å². The van der Waals surface area contributed by atoms with Gasteiger partial charge < -0.3 is 5.11 Å². The van der Waals surface area contributed by atoms with Gasteiger partial charge in [0, 0.05) is 16.2 Å². The topological polar surface area (TPSA) is 54.4 Å². The van der Waals surface area contributed by atoms with Crippen LogP contribution in [0, 0.1) is 0 Å². The van der Waals surface area contributed by atoms with Crippen LogP contribution in [-0.2, 0) is 5.75 Å². The van der Waals surface area contributed by atoms with Gasteiger partial charge in [0.2, 0.25) is 0 Å². The molecule has 0 fully saturated rings. The fourth-order valence-corrected chi connectivity index (χ4v) is 2.55. The van der Waals surface area contributed by atoms with E-state index in [0.717, 1.165) is 16.2 Å². The van der Waals surface area contributed by atoms with Crippen molar-refractivity contribution in [3.05, 3.63) is 65.2 Å². The van der Waals surface area contributed by atoms with Crippen molar-refractivity contribution in [2.45, 2.75) is 17.6 Å². The highest BCUT2D eigenvalue weighted by Gasteiger charge is 2.03. The average Bonchev–Trinajstić information content (AvgIpc) is 2.46. The highest BCUT2D eigenvalue weighted by Crippen LogP contribution is 2.23. The van der Waals surface area contributed by atoms with Crippen molar-refractivity contribution in [3.8, 4) is 0 Å². The van der Waals surface area contributed by atoms with Crippen molar-refractivity contribution in [2.75, 3.05) is 0 Å². The van der Waals surface area contributed by atoms with Crippen LogP contribution in [0.5, 0.6) is 0 Å². The normalized spacial score (nSPS) is 10.2. The Morgan fingerprint density at radius 3 is 2.00 bits per heavy atom. The van der Waals surface area contributed by atoms with E-state index in [9.17, 15) is 9.59 Å². The molecule has 3 nitrogen and oxygen atoms in total. The second-order valence-corrected chi connectivity index (χ2v) is 5.42. The minimum atomic E-state index is -0.913. The molecule has 2 rings (SSSR count). The van der Waals surface area contributed by atoms with Crippen molar-refractivity contribution in [1.82, 2.24) is 0 Å². The zero-order chi connectivity index (χ0) is 14.5. The predicted molar refractivity (Wildman–Crippen MR) is 79.4 cm³/mol. The van der Waals surface area contributed by atoms with Gasteiger partial charge in [-0.25, -0.2) is 4.79 Å². The average molecular weight is 286 g/mol. The molecule has 102 valence electrons. The fourth-order valence-electron chi connectivity index (χ4n) is 1.70. The van der Waals surface area contributed by atoms with Gasteiger partial charge in [-0.05, 0) is 36.8 Å². The molecular weight excluding hydrogens is 272 g/mol. The number of carboxylic acid groups (broad SMARTS) is 1. The van der Waals surface area contributed by atoms with Gasteiger partial charge in [0.25, 0.3) is 0 Å². The Morgan fingerprint density at radius 2 is 1.50 bits per heavy atom. The minimum Gasteiger partial charge on any atom is -0.478 e. The molecule has 0 spiro atoms. The third kappa shape index (κ3) is 3.71. The van der Waals surface area contributed by atoms with Crippen molar-refractivity contribution >= 4 is 23.5 Å². The van der Waals surface area contributed by atoms with E-state index in [4.69, 9.17) is 5.11 Å². The number of thioether (sulfide) groups is 1. The fraction of sp³-hybridized carbons (Fsp3) is 0.125. The highest BCUT2D eigenvalue weighted by atomic mass is 32.2. The summed E-state index contributed by atoms with van der Waals surface area (Å²) in [5, 5.41) is 8.82. The van der Waals surface area contributed by atoms with Crippen molar-refractivity contribution in [2.24, 2.45) is 0 Å². The van der Waals surface area contributed by atoms with Gasteiger partial charge in [-0.15, -0.1) is 11.8 Å². The van der Waals surface area contributed by atoms with Crippen molar-refractivity contribution in [3.63, 3.8) is 0 Å². The van der Waals surface area contributed by atoms with Gasteiger partial charge in [0.15, 0.2) is 5.78 Å². The van der Waals surface area contributed by atoms with E-state index in [2.05, 4.69) is 0 Å². The smallest absolute Gasteiger partial charge is 0.335 e. The third-order valence-corrected chi connectivity index (χ3v) is 3.95. The largest absolute Gasteiger partial charge is 0.478 e. The third-order valence-electron chi connectivity index (χ3n) is 2.87. The van der Waals surface area contributed by atoms with E-state index >= 15 is 0 Å². The molecule has 2 aromatic rings.